The van der Waals surface area contributed by atoms with Gasteiger partial charge in [-0.25, -0.2) is 4.79 Å². The minimum Gasteiger partial charge on any atom is -0.487 e. The van der Waals surface area contributed by atoms with Gasteiger partial charge in [0, 0.05) is 36.5 Å². The summed E-state index contributed by atoms with van der Waals surface area (Å²) in [5.41, 5.74) is -1.22. The van der Waals surface area contributed by atoms with Crippen LogP contribution in [0.25, 0.3) is 10.8 Å². The molecule has 2 heterocycles. The summed E-state index contributed by atoms with van der Waals surface area (Å²) in [5.74, 6) is -0.624. The van der Waals surface area contributed by atoms with Gasteiger partial charge in [-0.3, -0.25) is 9.59 Å². The van der Waals surface area contributed by atoms with Crippen LogP contribution in [0.1, 0.15) is 71.9 Å². The fourth-order valence-corrected chi connectivity index (χ4v) is 5.23. The van der Waals surface area contributed by atoms with Crippen molar-refractivity contribution in [2.75, 3.05) is 13.1 Å². The topological polar surface area (TPSA) is 102 Å². The summed E-state index contributed by atoms with van der Waals surface area (Å²) in [7, 11) is 0. The number of ether oxygens (including phenoxy) is 3. The molecule has 0 radical (unpaired) electrons. The Morgan fingerprint density at radius 1 is 1.03 bits per heavy atom. The van der Waals surface area contributed by atoms with Crippen LogP contribution in [0.3, 0.4) is 0 Å². The van der Waals surface area contributed by atoms with E-state index in [1.54, 1.807) is 25.7 Å². The maximum absolute atomic E-state index is 13.0. The molecule has 36 heavy (non-hydrogen) atoms. The number of piperidine rings is 1. The van der Waals surface area contributed by atoms with E-state index in [9.17, 15) is 19.5 Å². The third kappa shape index (κ3) is 4.73. The van der Waals surface area contributed by atoms with E-state index in [1.807, 2.05) is 38.1 Å². The van der Waals surface area contributed by atoms with Gasteiger partial charge in [0.2, 0.25) is 0 Å². The van der Waals surface area contributed by atoms with Crippen LogP contribution >= 0.6 is 0 Å². The van der Waals surface area contributed by atoms with Gasteiger partial charge in [0.15, 0.2) is 0 Å². The van der Waals surface area contributed by atoms with Gasteiger partial charge in [-0.15, -0.1) is 0 Å². The van der Waals surface area contributed by atoms with E-state index in [0.29, 0.717) is 35.1 Å². The number of aliphatic carboxylic acids is 1. The van der Waals surface area contributed by atoms with Crippen molar-refractivity contribution in [2.24, 2.45) is 0 Å². The fourth-order valence-electron chi connectivity index (χ4n) is 5.23. The van der Waals surface area contributed by atoms with E-state index in [1.165, 1.54) is 6.92 Å². The number of amides is 1. The lowest BCUT2D eigenvalue weighted by Crippen LogP contribution is -2.50. The number of rotatable bonds is 3. The number of benzene rings is 2. The summed E-state index contributed by atoms with van der Waals surface area (Å²) in [6.45, 7) is 11.1. The van der Waals surface area contributed by atoms with Crippen LogP contribution in [-0.2, 0) is 26.2 Å². The molecule has 2 aliphatic rings. The minimum atomic E-state index is -1.36. The zero-order chi connectivity index (χ0) is 26.5. The summed E-state index contributed by atoms with van der Waals surface area (Å²) in [6.07, 6.45) is 1.13. The number of carbonyl (C=O) groups is 3. The highest BCUT2D eigenvalue weighted by Gasteiger charge is 2.49. The molecule has 0 atom stereocenters. The van der Waals surface area contributed by atoms with Gasteiger partial charge in [0.05, 0.1) is 0 Å². The molecule has 1 amide bonds. The fraction of sp³-hybridized carbons (Fsp3) is 0.536. The summed E-state index contributed by atoms with van der Waals surface area (Å²) in [6, 6.07) is 7.51. The molecular formula is C28H35NO7. The molecule has 0 aliphatic carbocycles. The van der Waals surface area contributed by atoms with Crippen LogP contribution in [0, 0.1) is 0 Å². The number of carboxylic acids is 1. The van der Waals surface area contributed by atoms with Gasteiger partial charge < -0.3 is 24.2 Å². The Bertz CT molecular complexity index is 1220. The summed E-state index contributed by atoms with van der Waals surface area (Å²) in [5, 5.41) is 12.1. The van der Waals surface area contributed by atoms with Crippen LogP contribution in [0.15, 0.2) is 24.3 Å². The third-order valence-electron chi connectivity index (χ3n) is 6.97. The average Bonchev–Trinajstić information content (AvgIpc) is 2.77. The average molecular weight is 498 g/mol. The monoisotopic (exact) mass is 497 g/mol. The number of fused-ring (bicyclic) bond motifs is 3. The molecule has 2 aromatic carbocycles. The van der Waals surface area contributed by atoms with Gasteiger partial charge in [-0.1, -0.05) is 24.3 Å². The normalized spacial score (nSPS) is 18.7. The van der Waals surface area contributed by atoms with E-state index < -0.39 is 34.6 Å². The first-order valence-electron chi connectivity index (χ1n) is 12.4. The predicted molar refractivity (Wildman–Crippen MR) is 135 cm³/mol. The molecule has 1 fully saturated rings. The Morgan fingerprint density at radius 3 is 2.19 bits per heavy atom. The molecule has 194 valence electrons. The van der Waals surface area contributed by atoms with Crippen LogP contribution in [0.2, 0.25) is 0 Å². The van der Waals surface area contributed by atoms with Crippen LogP contribution in [-0.4, -0.2) is 52.3 Å². The molecule has 1 saturated heterocycles. The lowest BCUT2D eigenvalue weighted by Gasteiger charge is -2.42. The molecule has 2 aliphatic heterocycles. The first-order chi connectivity index (χ1) is 16.7. The Hall–Kier alpha value is -3.29. The third-order valence-corrected chi connectivity index (χ3v) is 6.97. The van der Waals surface area contributed by atoms with Crippen molar-refractivity contribution in [3.05, 3.63) is 35.4 Å². The van der Waals surface area contributed by atoms with Crippen molar-refractivity contribution in [3.63, 3.8) is 0 Å². The van der Waals surface area contributed by atoms with Crippen molar-refractivity contribution in [1.29, 1.82) is 0 Å². The second-order valence-corrected chi connectivity index (χ2v) is 11.4. The first kappa shape index (κ1) is 25.8. The molecular weight excluding hydrogens is 462 g/mol. The lowest BCUT2D eigenvalue weighted by atomic mass is 9.69. The number of likely N-dealkylation sites (tertiary alicyclic amines) is 1. The number of nitrogens with zero attached hydrogens (tertiary/aromatic N) is 1. The molecule has 4 rings (SSSR count). The van der Waals surface area contributed by atoms with Crippen molar-refractivity contribution in [2.45, 2.75) is 83.8 Å². The summed E-state index contributed by atoms with van der Waals surface area (Å²) < 4.78 is 17.7. The van der Waals surface area contributed by atoms with Gasteiger partial charge in [0.1, 0.15) is 28.1 Å². The number of hydrogen-bond acceptors (Lipinski definition) is 6. The Balaban J connectivity index is 1.89. The highest BCUT2D eigenvalue weighted by molar-refractivity contribution is 6.00. The van der Waals surface area contributed by atoms with Crippen LogP contribution < -0.4 is 9.47 Å². The van der Waals surface area contributed by atoms with E-state index in [0.717, 1.165) is 5.39 Å². The van der Waals surface area contributed by atoms with E-state index in [2.05, 4.69) is 0 Å². The molecule has 0 bridgehead atoms. The number of carboxylic acid groups (broad SMARTS) is 1. The SMILES string of the molecule is CC(=O)Oc1c2c(c3ccccc3c1C1(C(=O)O)CCN(C(=O)OC(C)(C)C)CC1)OC(C)(C)CC2. The second-order valence-electron chi connectivity index (χ2n) is 11.4. The van der Waals surface area contributed by atoms with E-state index in [-0.39, 0.29) is 31.7 Å². The molecule has 0 saturated carbocycles. The summed E-state index contributed by atoms with van der Waals surface area (Å²) >= 11 is 0. The van der Waals surface area contributed by atoms with Gasteiger partial charge in [-0.05, 0) is 65.7 Å². The molecule has 8 heteroatoms. The largest absolute Gasteiger partial charge is 0.487 e. The summed E-state index contributed by atoms with van der Waals surface area (Å²) in [4.78, 5) is 39.5. The zero-order valence-corrected chi connectivity index (χ0v) is 21.9. The molecule has 0 unspecified atom stereocenters. The zero-order valence-electron chi connectivity index (χ0n) is 21.9. The van der Waals surface area contributed by atoms with Crippen LogP contribution in [0.4, 0.5) is 4.79 Å². The number of hydrogen-bond donors (Lipinski definition) is 1. The minimum absolute atomic E-state index is 0.158. The highest BCUT2D eigenvalue weighted by atomic mass is 16.6. The van der Waals surface area contributed by atoms with Gasteiger partial charge in [-0.2, -0.15) is 0 Å². The molecule has 0 spiro atoms. The van der Waals surface area contributed by atoms with Gasteiger partial charge in [0.25, 0.3) is 0 Å². The van der Waals surface area contributed by atoms with Crippen molar-refractivity contribution >= 4 is 28.8 Å². The smallest absolute Gasteiger partial charge is 0.410 e. The van der Waals surface area contributed by atoms with Crippen molar-refractivity contribution in [3.8, 4) is 11.5 Å². The van der Waals surface area contributed by atoms with Crippen LogP contribution in [0.5, 0.6) is 11.5 Å². The van der Waals surface area contributed by atoms with Gasteiger partial charge >= 0.3 is 18.0 Å². The van der Waals surface area contributed by atoms with E-state index in [4.69, 9.17) is 14.2 Å². The molecule has 8 nitrogen and oxygen atoms in total. The Kier molecular flexibility index (Phi) is 6.43. The highest BCUT2D eigenvalue weighted by Crippen LogP contribution is 2.52. The molecule has 1 N–H and O–H groups in total. The lowest BCUT2D eigenvalue weighted by molar-refractivity contribution is -0.146. The number of carbonyl (C=O) groups excluding carboxylic acids is 2. The maximum atomic E-state index is 13.0. The quantitative estimate of drug-likeness (QED) is 0.458. The van der Waals surface area contributed by atoms with Crippen molar-refractivity contribution < 1.29 is 33.7 Å². The molecule has 0 aromatic heterocycles. The predicted octanol–water partition coefficient (Wildman–Crippen LogP) is 5.22. The molecule has 2 aromatic rings. The maximum Gasteiger partial charge on any atom is 0.410 e. The second kappa shape index (κ2) is 8.98. The van der Waals surface area contributed by atoms with Crippen molar-refractivity contribution in [1.82, 2.24) is 4.90 Å². The standard InChI is InChI=1S/C28H35NO7/c1-17(30)34-23-20-11-12-27(5,6)35-22(20)19-10-8-7-9-18(19)21(23)28(24(31)32)13-15-29(16-14-28)25(33)36-26(2,3)4/h7-10H,11-16H2,1-6H3,(H,31,32). The first-order valence-corrected chi connectivity index (χ1v) is 12.4. The van der Waals surface area contributed by atoms with E-state index >= 15 is 0 Å². The number of esters is 1. The Labute approximate surface area is 211 Å². The Morgan fingerprint density at radius 2 is 1.64 bits per heavy atom.